The first kappa shape index (κ1) is 13.0. The van der Waals surface area contributed by atoms with E-state index in [1.807, 2.05) is 0 Å². The summed E-state index contributed by atoms with van der Waals surface area (Å²) >= 11 is 2.31. The van der Waals surface area contributed by atoms with Gasteiger partial charge in [0.05, 0.1) is 11.4 Å². The summed E-state index contributed by atoms with van der Waals surface area (Å²) in [4.78, 5) is 2.43. The molecule has 2 rings (SSSR count). The molecule has 1 aliphatic heterocycles. The number of halogens is 1. The molecule has 0 radical (unpaired) electrons. The highest BCUT2D eigenvalue weighted by Gasteiger charge is 2.22. The van der Waals surface area contributed by atoms with E-state index in [0.717, 1.165) is 30.6 Å². The lowest BCUT2D eigenvalue weighted by Gasteiger charge is -2.35. The molecule has 94 valence electrons. The second kappa shape index (κ2) is 5.46. The van der Waals surface area contributed by atoms with Gasteiger partial charge in [0.25, 0.3) is 0 Å². The molecule has 1 saturated heterocycles. The van der Waals surface area contributed by atoms with Crippen LogP contribution in [0.2, 0.25) is 0 Å². The van der Waals surface area contributed by atoms with Gasteiger partial charge in [-0.2, -0.15) is 0 Å². The molecule has 0 aliphatic carbocycles. The molecule has 0 spiro atoms. The normalized spacial score (nSPS) is 17.8. The van der Waals surface area contributed by atoms with Crippen molar-refractivity contribution >= 4 is 34.0 Å². The summed E-state index contributed by atoms with van der Waals surface area (Å²) in [5.41, 5.74) is 8.23. The van der Waals surface area contributed by atoms with E-state index in [-0.39, 0.29) is 0 Å². The second-order valence-corrected chi connectivity index (χ2v) is 6.52. The molecule has 2 N–H and O–H groups in total. The molecule has 2 nitrogen and oxygen atoms in total. The largest absolute Gasteiger partial charge is 0.397 e. The summed E-state index contributed by atoms with van der Waals surface area (Å²) in [6, 6.07) is 6.36. The fourth-order valence-corrected chi connectivity index (χ4v) is 3.14. The molecule has 1 aromatic rings. The first-order valence-corrected chi connectivity index (χ1v) is 7.46. The molecular weight excluding hydrogens is 323 g/mol. The molecule has 1 aromatic carbocycles. The summed E-state index contributed by atoms with van der Waals surface area (Å²) < 4.78 is 1.21. The number of benzene rings is 1. The lowest BCUT2D eigenvalue weighted by Crippen LogP contribution is -2.35. The third kappa shape index (κ3) is 3.06. The Morgan fingerprint density at radius 1 is 1.29 bits per heavy atom. The minimum absolute atomic E-state index is 0.811. The van der Waals surface area contributed by atoms with Gasteiger partial charge in [-0.1, -0.05) is 13.8 Å². The maximum absolute atomic E-state index is 6.10. The fourth-order valence-electron chi connectivity index (χ4n) is 2.62. The Kier molecular flexibility index (Phi) is 4.17. The Bertz CT molecular complexity index is 382. The summed E-state index contributed by atoms with van der Waals surface area (Å²) in [5.74, 6) is 1.70. The quantitative estimate of drug-likeness (QED) is 0.654. The SMILES string of the molecule is CC(C)C1CCN(c2ccc(I)cc2N)CC1. The van der Waals surface area contributed by atoms with Crippen molar-refractivity contribution in [3.05, 3.63) is 21.8 Å². The first-order chi connectivity index (χ1) is 8.08. The molecule has 0 bridgehead atoms. The smallest absolute Gasteiger partial charge is 0.0600 e. The van der Waals surface area contributed by atoms with Crippen LogP contribution in [-0.4, -0.2) is 13.1 Å². The van der Waals surface area contributed by atoms with Crippen molar-refractivity contribution in [2.75, 3.05) is 23.7 Å². The van der Waals surface area contributed by atoms with Crippen molar-refractivity contribution in [1.29, 1.82) is 0 Å². The minimum atomic E-state index is 0.811. The molecule has 3 heteroatoms. The number of nitrogens with two attached hydrogens (primary N) is 1. The van der Waals surface area contributed by atoms with Gasteiger partial charge in [0.15, 0.2) is 0 Å². The Balaban J connectivity index is 2.05. The zero-order chi connectivity index (χ0) is 12.4. The fraction of sp³-hybridized carbons (Fsp3) is 0.571. The van der Waals surface area contributed by atoms with Crippen LogP contribution in [-0.2, 0) is 0 Å². The van der Waals surface area contributed by atoms with E-state index >= 15 is 0 Å². The van der Waals surface area contributed by atoms with Gasteiger partial charge in [-0.15, -0.1) is 0 Å². The molecule has 1 aliphatic rings. The van der Waals surface area contributed by atoms with Crippen molar-refractivity contribution in [3.8, 4) is 0 Å². The van der Waals surface area contributed by atoms with Gasteiger partial charge in [0.1, 0.15) is 0 Å². The molecule has 0 unspecified atom stereocenters. The van der Waals surface area contributed by atoms with Gasteiger partial charge in [-0.05, 0) is 65.5 Å². The third-order valence-corrected chi connectivity index (χ3v) is 4.48. The summed E-state index contributed by atoms with van der Waals surface area (Å²) in [6.07, 6.45) is 2.59. The molecule has 0 atom stereocenters. The van der Waals surface area contributed by atoms with Crippen LogP contribution in [0, 0.1) is 15.4 Å². The highest BCUT2D eigenvalue weighted by molar-refractivity contribution is 14.1. The van der Waals surface area contributed by atoms with Crippen LogP contribution in [0.4, 0.5) is 11.4 Å². The van der Waals surface area contributed by atoms with Gasteiger partial charge < -0.3 is 10.6 Å². The Morgan fingerprint density at radius 2 is 1.94 bits per heavy atom. The maximum atomic E-state index is 6.10. The molecule has 1 heterocycles. The number of piperidine rings is 1. The van der Waals surface area contributed by atoms with E-state index in [4.69, 9.17) is 5.73 Å². The van der Waals surface area contributed by atoms with E-state index < -0.39 is 0 Å². The predicted molar refractivity (Wildman–Crippen MR) is 83.3 cm³/mol. The average Bonchev–Trinajstić information content (AvgIpc) is 2.29. The Hall–Kier alpha value is -0.450. The molecular formula is C14H21IN2. The van der Waals surface area contributed by atoms with Gasteiger partial charge in [0, 0.05) is 16.7 Å². The van der Waals surface area contributed by atoms with Gasteiger partial charge in [-0.3, -0.25) is 0 Å². The first-order valence-electron chi connectivity index (χ1n) is 6.38. The maximum Gasteiger partial charge on any atom is 0.0600 e. The summed E-state index contributed by atoms with van der Waals surface area (Å²) in [5, 5.41) is 0. The van der Waals surface area contributed by atoms with Crippen LogP contribution in [0.3, 0.4) is 0 Å². The Labute approximate surface area is 118 Å². The summed E-state index contributed by atoms with van der Waals surface area (Å²) in [6.45, 7) is 6.96. The lowest BCUT2D eigenvalue weighted by molar-refractivity contribution is 0.311. The van der Waals surface area contributed by atoms with E-state index in [1.165, 1.54) is 22.1 Å². The van der Waals surface area contributed by atoms with Crippen molar-refractivity contribution in [1.82, 2.24) is 0 Å². The monoisotopic (exact) mass is 344 g/mol. The van der Waals surface area contributed by atoms with Crippen molar-refractivity contribution < 1.29 is 0 Å². The highest BCUT2D eigenvalue weighted by atomic mass is 127. The van der Waals surface area contributed by atoms with E-state index in [1.54, 1.807) is 0 Å². The number of nitrogens with zero attached hydrogens (tertiary/aromatic N) is 1. The van der Waals surface area contributed by atoms with E-state index in [2.05, 4.69) is 59.5 Å². The molecule has 1 fully saturated rings. The molecule has 0 saturated carbocycles. The lowest BCUT2D eigenvalue weighted by atomic mass is 9.86. The number of rotatable bonds is 2. The number of anilines is 2. The molecule has 0 amide bonds. The van der Waals surface area contributed by atoms with Crippen molar-refractivity contribution in [2.45, 2.75) is 26.7 Å². The van der Waals surface area contributed by atoms with Gasteiger partial charge >= 0.3 is 0 Å². The van der Waals surface area contributed by atoms with Crippen LogP contribution in [0.15, 0.2) is 18.2 Å². The van der Waals surface area contributed by atoms with Crippen LogP contribution in [0.25, 0.3) is 0 Å². The van der Waals surface area contributed by atoms with Crippen LogP contribution < -0.4 is 10.6 Å². The van der Waals surface area contributed by atoms with Gasteiger partial charge in [-0.25, -0.2) is 0 Å². The molecule has 0 aromatic heterocycles. The van der Waals surface area contributed by atoms with Crippen LogP contribution in [0.5, 0.6) is 0 Å². The highest BCUT2D eigenvalue weighted by Crippen LogP contribution is 2.31. The number of hydrogen-bond donors (Lipinski definition) is 1. The van der Waals surface area contributed by atoms with Crippen molar-refractivity contribution in [2.24, 2.45) is 11.8 Å². The van der Waals surface area contributed by atoms with Crippen LogP contribution >= 0.6 is 22.6 Å². The minimum Gasteiger partial charge on any atom is -0.397 e. The van der Waals surface area contributed by atoms with Crippen molar-refractivity contribution in [3.63, 3.8) is 0 Å². The van der Waals surface area contributed by atoms with E-state index in [9.17, 15) is 0 Å². The third-order valence-electron chi connectivity index (χ3n) is 3.81. The number of nitrogen functional groups attached to an aromatic ring is 1. The molecule has 17 heavy (non-hydrogen) atoms. The second-order valence-electron chi connectivity index (χ2n) is 5.27. The standard InChI is InChI=1S/C14H21IN2/c1-10(2)11-5-7-17(8-6-11)14-4-3-12(15)9-13(14)16/h3-4,9-11H,5-8,16H2,1-2H3. The topological polar surface area (TPSA) is 29.3 Å². The number of hydrogen-bond acceptors (Lipinski definition) is 2. The predicted octanol–water partition coefficient (Wildman–Crippen LogP) is 3.75. The zero-order valence-corrected chi connectivity index (χ0v) is 12.8. The zero-order valence-electron chi connectivity index (χ0n) is 10.6. The summed E-state index contributed by atoms with van der Waals surface area (Å²) in [7, 11) is 0. The van der Waals surface area contributed by atoms with Gasteiger partial charge in [0.2, 0.25) is 0 Å². The Morgan fingerprint density at radius 3 is 2.47 bits per heavy atom. The average molecular weight is 344 g/mol. The van der Waals surface area contributed by atoms with E-state index in [0.29, 0.717) is 0 Å². The van der Waals surface area contributed by atoms with Crippen LogP contribution in [0.1, 0.15) is 26.7 Å².